The molecule has 0 aromatic carbocycles. The molecule has 0 aromatic rings. The minimum absolute atomic E-state index is 0.0546. The molecule has 0 saturated heterocycles. The first kappa shape index (κ1) is 14.3. The van der Waals surface area contributed by atoms with Gasteiger partial charge in [0.25, 0.3) is 0 Å². The number of hydrogen-bond donors (Lipinski definition) is 2. The molecule has 0 aliphatic carbocycles. The van der Waals surface area contributed by atoms with Crippen LogP contribution in [0.15, 0.2) is 0 Å². The Hall–Kier alpha value is 0.270. The summed E-state index contributed by atoms with van der Waals surface area (Å²) in [4.78, 5) is 0. The lowest BCUT2D eigenvalue weighted by Gasteiger charge is -2.26. The first-order valence-corrected chi connectivity index (χ1v) is 6.78. The van der Waals surface area contributed by atoms with Gasteiger partial charge in [0.1, 0.15) is 0 Å². The number of nitrogens with one attached hydrogen (secondary N) is 1. The summed E-state index contributed by atoms with van der Waals surface area (Å²) in [6.07, 6.45) is 3.16. The van der Waals surface area contributed by atoms with Crippen molar-refractivity contribution in [3.8, 4) is 0 Å². The molecule has 86 valence electrons. The van der Waals surface area contributed by atoms with Crippen LogP contribution in [0.2, 0.25) is 0 Å². The van der Waals surface area contributed by atoms with Gasteiger partial charge in [0, 0.05) is 18.6 Å². The molecule has 0 aliphatic heterocycles. The Morgan fingerprint density at radius 2 is 2.14 bits per heavy atom. The molecule has 0 spiro atoms. The highest BCUT2D eigenvalue weighted by atomic mass is 32.2. The van der Waals surface area contributed by atoms with Crippen molar-refractivity contribution in [1.29, 1.82) is 0 Å². The third kappa shape index (κ3) is 5.89. The molecule has 0 heterocycles. The quantitative estimate of drug-likeness (QED) is 0.655. The first-order valence-electron chi connectivity index (χ1n) is 5.38. The number of aliphatic hydroxyl groups is 1. The average molecular weight is 219 g/mol. The van der Waals surface area contributed by atoms with Crippen molar-refractivity contribution >= 4 is 11.8 Å². The number of rotatable bonds is 8. The summed E-state index contributed by atoms with van der Waals surface area (Å²) in [5.74, 6) is 1.92. The molecule has 0 rings (SSSR count). The third-order valence-corrected chi connectivity index (χ3v) is 3.63. The lowest BCUT2D eigenvalue weighted by Crippen LogP contribution is -2.36. The Morgan fingerprint density at radius 1 is 1.50 bits per heavy atom. The number of aliphatic hydroxyl groups excluding tert-OH is 1. The van der Waals surface area contributed by atoms with Gasteiger partial charge in [0.05, 0.1) is 0 Å². The van der Waals surface area contributed by atoms with E-state index in [1.54, 1.807) is 0 Å². The Morgan fingerprint density at radius 3 is 2.57 bits per heavy atom. The van der Waals surface area contributed by atoms with Gasteiger partial charge in [-0.05, 0) is 30.9 Å². The van der Waals surface area contributed by atoms with Crippen LogP contribution in [0.3, 0.4) is 0 Å². The van der Waals surface area contributed by atoms with Gasteiger partial charge in [-0.15, -0.1) is 0 Å². The molecule has 0 aliphatic rings. The van der Waals surface area contributed by atoms with Crippen LogP contribution in [0, 0.1) is 11.3 Å². The molecule has 2 atom stereocenters. The Balaban J connectivity index is 3.61. The van der Waals surface area contributed by atoms with Crippen molar-refractivity contribution < 1.29 is 5.11 Å². The zero-order chi connectivity index (χ0) is 11.0. The lowest BCUT2D eigenvalue weighted by molar-refractivity contribution is 0.134. The number of thioether (sulfide) groups is 1. The van der Waals surface area contributed by atoms with Crippen LogP contribution in [0.4, 0.5) is 0 Å². The summed E-state index contributed by atoms with van der Waals surface area (Å²) in [6, 6.07) is 0. The van der Waals surface area contributed by atoms with E-state index >= 15 is 0 Å². The molecule has 2 unspecified atom stereocenters. The summed E-state index contributed by atoms with van der Waals surface area (Å²) in [7, 11) is 0. The maximum Gasteiger partial charge on any atom is 0.0496 e. The maximum absolute atomic E-state index is 9.21. The van der Waals surface area contributed by atoms with E-state index in [-0.39, 0.29) is 12.0 Å². The van der Waals surface area contributed by atoms with Crippen LogP contribution in [0.1, 0.15) is 27.2 Å². The summed E-state index contributed by atoms with van der Waals surface area (Å²) >= 11 is 1.89. The molecular formula is C11H25NOS. The molecule has 0 amide bonds. The van der Waals surface area contributed by atoms with Crippen LogP contribution >= 0.6 is 11.8 Å². The molecule has 0 aromatic heterocycles. The Labute approximate surface area is 92.9 Å². The number of hydrogen-bond acceptors (Lipinski definition) is 3. The van der Waals surface area contributed by atoms with Gasteiger partial charge in [0.2, 0.25) is 0 Å². The first-order chi connectivity index (χ1) is 6.58. The standard InChI is InChI=1S/C11H25NOS/c1-5-11(3,9-13)8-12-6-10(2)7-14-4/h10,12-13H,5-9H2,1-4H3. The summed E-state index contributed by atoms with van der Waals surface area (Å²) < 4.78 is 0. The molecular weight excluding hydrogens is 194 g/mol. The summed E-state index contributed by atoms with van der Waals surface area (Å²) in [6.45, 7) is 8.75. The van der Waals surface area contributed by atoms with Crippen molar-refractivity contribution in [2.75, 3.05) is 31.7 Å². The van der Waals surface area contributed by atoms with Crippen LogP contribution in [-0.2, 0) is 0 Å². The van der Waals surface area contributed by atoms with Gasteiger partial charge in [0.15, 0.2) is 0 Å². The van der Waals surface area contributed by atoms with E-state index in [0.717, 1.165) is 19.5 Å². The minimum Gasteiger partial charge on any atom is -0.396 e. The predicted molar refractivity (Wildman–Crippen MR) is 65.9 cm³/mol. The van der Waals surface area contributed by atoms with Crippen molar-refractivity contribution in [1.82, 2.24) is 5.32 Å². The van der Waals surface area contributed by atoms with E-state index in [1.807, 2.05) is 11.8 Å². The van der Waals surface area contributed by atoms with E-state index in [0.29, 0.717) is 5.92 Å². The Bertz CT molecular complexity index is 137. The molecule has 0 saturated carbocycles. The van der Waals surface area contributed by atoms with Crippen molar-refractivity contribution in [2.24, 2.45) is 11.3 Å². The Kier molecular flexibility index (Phi) is 7.69. The molecule has 2 nitrogen and oxygen atoms in total. The highest BCUT2D eigenvalue weighted by Crippen LogP contribution is 2.18. The normalized spacial score (nSPS) is 17.8. The minimum atomic E-state index is 0.0546. The monoisotopic (exact) mass is 219 g/mol. The highest BCUT2D eigenvalue weighted by molar-refractivity contribution is 7.98. The predicted octanol–water partition coefficient (Wildman–Crippen LogP) is 1.98. The fourth-order valence-corrected chi connectivity index (χ4v) is 1.94. The SMILES string of the molecule is CCC(C)(CO)CNCC(C)CSC. The zero-order valence-corrected chi connectivity index (χ0v) is 10.8. The van der Waals surface area contributed by atoms with Crippen molar-refractivity contribution in [3.63, 3.8) is 0 Å². The second kappa shape index (κ2) is 7.55. The largest absolute Gasteiger partial charge is 0.396 e. The third-order valence-electron chi connectivity index (χ3n) is 2.73. The van der Waals surface area contributed by atoms with E-state index in [9.17, 15) is 5.11 Å². The van der Waals surface area contributed by atoms with Gasteiger partial charge in [-0.1, -0.05) is 20.8 Å². The van der Waals surface area contributed by atoms with Crippen LogP contribution in [-0.4, -0.2) is 36.8 Å². The smallest absolute Gasteiger partial charge is 0.0496 e. The van der Waals surface area contributed by atoms with Crippen molar-refractivity contribution in [2.45, 2.75) is 27.2 Å². The van der Waals surface area contributed by atoms with E-state index in [4.69, 9.17) is 0 Å². The van der Waals surface area contributed by atoms with Gasteiger partial charge in [-0.25, -0.2) is 0 Å². The maximum atomic E-state index is 9.21. The molecule has 3 heteroatoms. The average Bonchev–Trinajstić information content (AvgIpc) is 2.18. The summed E-state index contributed by atoms with van der Waals surface area (Å²) in [5.41, 5.74) is 0.0546. The zero-order valence-electron chi connectivity index (χ0n) is 9.97. The molecule has 14 heavy (non-hydrogen) atoms. The highest BCUT2D eigenvalue weighted by Gasteiger charge is 2.20. The fraction of sp³-hybridized carbons (Fsp3) is 1.00. The van der Waals surface area contributed by atoms with E-state index in [1.165, 1.54) is 5.75 Å². The van der Waals surface area contributed by atoms with E-state index < -0.39 is 0 Å². The van der Waals surface area contributed by atoms with Gasteiger partial charge >= 0.3 is 0 Å². The van der Waals surface area contributed by atoms with Crippen LogP contribution in [0.5, 0.6) is 0 Å². The molecule has 0 bridgehead atoms. The molecule has 2 N–H and O–H groups in total. The van der Waals surface area contributed by atoms with Crippen LogP contribution in [0.25, 0.3) is 0 Å². The van der Waals surface area contributed by atoms with Gasteiger partial charge in [-0.2, -0.15) is 11.8 Å². The van der Waals surface area contributed by atoms with Gasteiger partial charge in [-0.3, -0.25) is 0 Å². The molecule has 0 radical (unpaired) electrons. The molecule has 0 fully saturated rings. The fourth-order valence-electron chi connectivity index (χ4n) is 1.26. The second-order valence-corrected chi connectivity index (χ2v) is 5.42. The van der Waals surface area contributed by atoms with Gasteiger partial charge < -0.3 is 10.4 Å². The van der Waals surface area contributed by atoms with Crippen LogP contribution < -0.4 is 5.32 Å². The second-order valence-electron chi connectivity index (χ2n) is 4.51. The lowest BCUT2D eigenvalue weighted by atomic mass is 9.88. The van der Waals surface area contributed by atoms with E-state index in [2.05, 4.69) is 32.3 Å². The summed E-state index contributed by atoms with van der Waals surface area (Å²) in [5, 5.41) is 12.6. The van der Waals surface area contributed by atoms with Crippen molar-refractivity contribution in [3.05, 3.63) is 0 Å². The topological polar surface area (TPSA) is 32.3 Å².